The molecule has 2 aromatic carbocycles. The van der Waals surface area contributed by atoms with Crippen molar-refractivity contribution in [2.24, 2.45) is 0 Å². The van der Waals surface area contributed by atoms with Crippen LogP contribution >= 0.6 is 15.9 Å². The lowest BCUT2D eigenvalue weighted by molar-refractivity contribution is -0.122. The highest BCUT2D eigenvalue weighted by molar-refractivity contribution is 9.10. The number of aryl methyl sites for hydroxylation is 1. The highest BCUT2D eigenvalue weighted by Crippen LogP contribution is 2.43. The first-order valence-corrected chi connectivity index (χ1v) is 11.3. The SMILES string of the molecule is Cc1cc2c(cc1/C=C1\C(=O)NC(=O)N(c3cccc(Br)c3)C1=O)[C@@H](C)CC(C)(C)N2C. The quantitative estimate of drug-likeness (QED) is 0.462. The van der Waals surface area contributed by atoms with Crippen molar-refractivity contribution >= 4 is 51.2 Å². The molecule has 0 spiro atoms. The first-order chi connectivity index (χ1) is 15.0. The fourth-order valence-electron chi connectivity index (χ4n) is 4.55. The Hall–Kier alpha value is -2.93. The number of amides is 4. The van der Waals surface area contributed by atoms with Crippen LogP contribution in [0.5, 0.6) is 0 Å². The summed E-state index contributed by atoms with van der Waals surface area (Å²) in [5.41, 5.74) is 4.48. The highest BCUT2D eigenvalue weighted by atomic mass is 79.9. The lowest BCUT2D eigenvalue weighted by Crippen LogP contribution is -2.54. The smallest absolute Gasteiger partial charge is 0.335 e. The Morgan fingerprint density at radius 3 is 2.56 bits per heavy atom. The molecule has 2 aromatic rings. The molecule has 6 nitrogen and oxygen atoms in total. The Kier molecular flexibility index (Phi) is 5.49. The van der Waals surface area contributed by atoms with Crippen molar-refractivity contribution in [1.82, 2.24) is 5.32 Å². The Labute approximate surface area is 196 Å². The molecule has 1 atom stereocenters. The fourth-order valence-corrected chi connectivity index (χ4v) is 4.94. The van der Waals surface area contributed by atoms with Crippen molar-refractivity contribution in [3.63, 3.8) is 0 Å². The average molecular weight is 496 g/mol. The minimum atomic E-state index is -0.755. The molecule has 7 heteroatoms. The molecule has 0 unspecified atom stereocenters. The number of nitrogens with zero attached hydrogens (tertiary/aromatic N) is 2. The molecule has 1 N–H and O–H groups in total. The number of fused-ring (bicyclic) bond motifs is 1. The molecular formula is C25H26BrN3O3. The van der Waals surface area contributed by atoms with Crippen molar-refractivity contribution in [1.29, 1.82) is 0 Å². The second-order valence-corrected chi connectivity index (χ2v) is 10.1. The summed E-state index contributed by atoms with van der Waals surface area (Å²) in [6.45, 7) is 8.63. The number of carbonyl (C=O) groups is 3. The molecule has 1 fully saturated rings. The second kappa shape index (κ2) is 7.89. The fraction of sp³-hybridized carbons (Fsp3) is 0.320. The number of rotatable bonds is 2. The number of urea groups is 1. The number of anilines is 2. The Morgan fingerprint density at radius 1 is 1.16 bits per heavy atom. The third-order valence-electron chi connectivity index (χ3n) is 6.49. The zero-order chi connectivity index (χ0) is 23.4. The van der Waals surface area contributed by atoms with Crippen LogP contribution in [-0.4, -0.2) is 30.4 Å². The molecule has 2 heterocycles. The van der Waals surface area contributed by atoms with Gasteiger partial charge in [-0.1, -0.05) is 28.9 Å². The zero-order valence-corrected chi connectivity index (χ0v) is 20.4. The van der Waals surface area contributed by atoms with Crippen LogP contribution in [0, 0.1) is 6.92 Å². The predicted octanol–water partition coefficient (Wildman–Crippen LogP) is 5.15. The maximum atomic E-state index is 13.2. The number of barbiturate groups is 1. The second-order valence-electron chi connectivity index (χ2n) is 9.18. The Morgan fingerprint density at radius 2 is 1.88 bits per heavy atom. The van der Waals surface area contributed by atoms with Gasteiger partial charge in [-0.05, 0) is 86.2 Å². The van der Waals surface area contributed by atoms with Gasteiger partial charge < -0.3 is 4.90 Å². The normalized spacial score (nSPS) is 21.6. The molecule has 2 aliphatic heterocycles. The standard InChI is InChI=1S/C25H26BrN3O3/c1-14-9-21-19(15(2)13-25(3,4)28(21)5)10-16(14)11-20-22(30)27-24(32)29(23(20)31)18-8-6-7-17(26)12-18/h6-12,15H,13H2,1-5H3,(H,27,30,32)/b20-11+/t15-/m0/s1. The molecule has 0 aromatic heterocycles. The van der Waals surface area contributed by atoms with E-state index in [4.69, 9.17) is 0 Å². The van der Waals surface area contributed by atoms with Crippen LogP contribution in [0.25, 0.3) is 6.08 Å². The highest BCUT2D eigenvalue weighted by Gasteiger charge is 2.38. The summed E-state index contributed by atoms with van der Waals surface area (Å²) in [5, 5.41) is 2.29. The molecule has 0 bridgehead atoms. The predicted molar refractivity (Wildman–Crippen MR) is 130 cm³/mol. The monoisotopic (exact) mass is 495 g/mol. The van der Waals surface area contributed by atoms with E-state index >= 15 is 0 Å². The van der Waals surface area contributed by atoms with E-state index in [1.807, 2.05) is 6.92 Å². The number of hydrogen-bond acceptors (Lipinski definition) is 4. The molecule has 0 aliphatic carbocycles. The van der Waals surface area contributed by atoms with Crippen LogP contribution in [0.15, 0.2) is 46.4 Å². The summed E-state index contributed by atoms with van der Waals surface area (Å²) >= 11 is 3.36. The van der Waals surface area contributed by atoms with Crippen molar-refractivity contribution in [3.05, 3.63) is 63.1 Å². The van der Waals surface area contributed by atoms with Crippen LogP contribution < -0.4 is 15.1 Å². The van der Waals surface area contributed by atoms with E-state index in [9.17, 15) is 14.4 Å². The summed E-state index contributed by atoms with van der Waals surface area (Å²) in [5.74, 6) is -0.987. The topological polar surface area (TPSA) is 69.7 Å². The molecule has 0 radical (unpaired) electrons. The van der Waals surface area contributed by atoms with E-state index in [-0.39, 0.29) is 11.1 Å². The summed E-state index contributed by atoms with van der Waals surface area (Å²) in [6, 6.07) is 10.3. The lowest BCUT2D eigenvalue weighted by atomic mass is 9.79. The molecule has 0 saturated carbocycles. The molecule has 32 heavy (non-hydrogen) atoms. The maximum absolute atomic E-state index is 13.2. The molecule has 4 amide bonds. The third kappa shape index (κ3) is 3.75. The largest absolute Gasteiger partial charge is 0.369 e. The van der Waals surface area contributed by atoms with Crippen LogP contribution in [0.4, 0.5) is 16.2 Å². The lowest BCUT2D eigenvalue weighted by Gasteiger charge is -2.45. The van der Waals surface area contributed by atoms with Gasteiger partial charge in [0.05, 0.1) is 5.69 Å². The maximum Gasteiger partial charge on any atom is 0.335 e. The van der Waals surface area contributed by atoms with Crippen LogP contribution in [0.1, 0.15) is 49.8 Å². The van der Waals surface area contributed by atoms with Gasteiger partial charge in [-0.3, -0.25) is 14.9 Å². The van der Waals surface area contributed by atoms with Gasteiger partial charge in [0.25, 0.3) is 11.8 Å². The van der Waals surface area contributed by atoms with Crippen molar-refractivity contribution in [2.75, 3.05) is 16.8 Å². The summed E-state index contributed by atoms with van der Waals surface area (Å²) in [6.07, 6.45) is 2.59. The number of halogens is 1. The molecule has 166 valence electrons. The van der Waals surface area contributed by atoms with Gasteiger partial charge in [0, 0.05) is 22.7 Å². The number of nitrogens with one attached hydrogen (secondary N) is 1. The summed E-state index contributed by atoms with van der Waals surface area (Å²) in [7, 11) is 2.10. The summed E-state index contributed by atoms with van der Waals surface area (Å²) < 4.78 is 0.726. The minimum Gasteiger partial charge on any atom is -0.369 e. The third-order valence-corrected chi connectivity index (χ3v) is 6.98. The minimum absolute atomic E-state index is 0.0445. The van der Waals surface area contributed by atoms with Gasteiger partial charge in [-0.15, -0.1) is 0 Å². The van der Waals surface area contributed by atoms with Crippen LogP contribution in [0.3, 0.4) is 0 Å². The zero-order valence-electron chi connectivity index (χ0n) is 18.8. The number of benzene rings is 2. The van der Waals surface area contributed by atoms with Gasteiger partial charge in [0.2, 0.25) is 0 Å². The first kappa shape index (κ1) is 22.3. The summed E-state index contributed by atoms with van der Waals surface area (Å²) in [4.78, 5) is 41.5. The van der Waals surface area contributed by atoms with E-state index in [2.05, 4.69) is 66.1 Å². The number of carbonyl (C=O) groups excluding carboxylic acids is 3. The molecule has 4 rings (SSSR count). The van der Waals surface area contributed by atoms with Gasteiger partial charge in [-0.25, -0.2) is 9.69 Å². The molecular weight excluding hydrogens is 470 g/mol. The van der Waals surface area contributed by atoms with Crippen LogP contribution in [-0.2, 0) is 9.59 Å². The van der Waals surface area contributed by atoms with Crippen LogP contribution in [0.2, 0.25) is 0 Å². The van der Waals surface area contributed by atoms with Crippen molar-refractivity contribution in [2.45, 2.75) is 45.6 Å². The van der Waals surface area contributed by atoms with Gasteiger partial charge in [0.1, 0.15) is 5.57 Å². The van der Waals surface area contributed by atoms with E-state index in [1.165, 1.54) is 11.3 Å². The Bertz CT molecular complexity index is 1180. The Balaban J connectivity index is 1.78. The van der Waals surface area contributed by atoms with E-state index in [0.717, 1.165) is 26.9 Å². The van der Waals surface area contributed by atoms with E-state index in [1.54, 1.807) is 30.3 Å². The molecule has 2 aliphatic rings. The molecule has 1 saturated heterocycles. The van der Waals surface area contributed by atoms with E-state index < -0.39 is 17.8 Å². The van der Waals surface area contributed by atoms with E-state index in [0.29, 0.717) is 11.6 Å². The van der Waals surface area contributed by atoms with Crippen molar-refractivity contribution in [3.8, 4) is 0 Å². The van der Waals surface area contributed by atoms with Gasteiger partial charge >= 0.3 is 6.03 Å². The van der Waals surface area contributed by atoms with Gasteiger partial charge in [-0.2, -0.15) is 0 Å². The number of hydrogen-bond donors (Lipinski definition) is 1. The number of imide groups is 2. The van der Waals surface area contributed by atoms with Crippen molar-refractivity contribution < 1.29 is 14.4 Å². The van der Waals surface area contributed by atoms with Gasteiger partial charge in [0.15, 0.2) is 0 Å². The first-order valence-electron chi connectivity index (χ1n) is 10.5. The average Bonchev–Trinajstić information content (AvgIpc) is 2.69.